The number of rotatable bonds is 5. The van der Waals surface area contributed by atoms with Crippen LogP contribution >= 0.6 is 0 Å². The minimum Gasteiger partial charge on any atom is -0.349 e. The first kappa shape index (κ1) is 12.8. The molecule has 1 heterocycles. The predicted molar refractivity (Wildman–Crippen MR) is 71.1 cm³/mol. The second kappa shape index (κ2) is 5.35. The van der Waals surface area contributed by atoms with Crippen LogP contribution in [0.2, 0.25) is 0 Å². The molecule has 18 heavy (non-hydrogen) atoms. The standard InChI is InChI=1S/C13H20N4O/c1-3-4-10-6-9(7-12(15-10)17-14)13(18)16-11-5-8(11)2/h6-8,11H,3-5,14H2,1-2H3,(H,15,17)(H,16,18). The molecule has 2 atom stereocenters. The van der Waals surface area contributed by atoms with Gasteiger partial charge in [-0.3, -0.25) is 4.79 Å². The lowest BCUT2D eigenvalue weighted by Crippen LogP contribution is -2.27. The number of aryl methyl sites for hydroxylation is 1. The number of hydrogen-bond donors (Lipinski definition) is 3. The maximum Gasteiger partial charge on any atom is 0.251 e. The summed E-state index contributed by atoms with van der Waals surface area (Å²) in [6, 6.07) is 3.85. The Hall–Kier alpha value is -1.62. The van der Waals surface area contributed by atoms with Gasteiger partial charge in [0, 0.05) is 17.3 Å². The Kier molecular flexibility index (Phi) is 3.81. The molecule has 5 nitrogen and oxygen atoms in total. The lowest BCUT2D eigenvalue weighted by molar-refractivity contribution is 0.0949. The van der Waals surface area contributed by atoms with Crippen LogP contribution in [-0.2, 0) is 6.42 Å². The van der Waals surface area contributed by atoms with Crippen LogP contribution in [0.3, 0.4) is 0 Å². The molecule has 0 radical (unpaired) electrons. The SMILES string of the molecule is CCCc1cc(C(=O)NC2CC2C)cc(NN)n1. The van der Waals surface area contributed by atoms with Gasteiger partial charge in [0.2, 0.25) is 0 Å². The molecule has 0 saturated heterocycles. The van der Waals surface area contributed by atoms with Crippen molar-refractivity contribution in [3.8, 4) is 0 Å². The molecule has 1 fully saturated rings. The molecular weight excluding hydrogens is 228 g/mol. The number of nitrogens with two attached hydrogens (primary N) is 1. The fourth-order valence-corrected chi connectivity index (χ4v) is 1.95. The third-order valence-corrected chi connectivity index (χ3v) is 3.22. The van der Waals surface area contributed by atoms with E-state index < -0.39 is 0 Å². The van der Waals surface area contributed by atoms with E-state index in [1.807, 2.05) is 6.07 Å². The first-order valence-electron chi connectivity index (χ1n) is 6.42. The first-order valence-corrected chi connectivity index (χ1v) is 6.42. The second-order valence-corrected chi connectivity index (χ2v) is 4.92. The van der Waals surface area contributed by atoms with Gasteiger partial charge in [-0.25, -0.2) is 10.8 Å². The van der Waals surface area contributed by atoms with Crippen LogP contribution in [0.4, 0.5) is 5.82 Å². The van der Waals surface area contributed by atoms with Crippen LogP contribution in [0.25, 0.3) is 0 Å². The largest absolute Gasteiger partial charge is 0.349 e. The lowest BCUT2D eigenvalue weighted by atomic mass is 10.1. The predicted octanol–water partition coefficient (Wildman–Crippen LogP) is 1.46. The topological polar surface area (TPSA) is 80.0 Å². The number of anilines is 1. The summed E-state index contributed by atoms with van der Waals surface area (Å²) in [5.74, 6) is 6.47. The highest BCUT2D eigenvalue weighted by Gasteiger charge is 2.34. The summed E-state index contributed by atoms with van der Waals surface area (Å²) >= 11 is 0. The molecule has 0 spiro atoms. The Morgan fingerprint density at radius 2 is 2.28 bits per heavy atom. The highest BCUT2D eigenvalue weighted by Crippen LogP contribution is 2.29. The van der Waals surface area contributed by atoms with Crippen LogP contribution in [0.1, 0.15) is 42.7 Å². The van der Waals surface area contributed by atoms with Crippen molar-refractivity contribution in [2.75, 3.05) is 5.43 Å². The van der Waals surface area contributed by atoms with Crippen LogP contribution in [0.5, 0.6) is 0 Å². The molecule has 1 aliphatic carbocycles. The summed E-state index contributed by atoms with van der Waals surface area (Å²) in [5.41, 5.74) is 4.02. The fraction of sp³-hybridized carbons (Fsp3) is 0.538. The molecule has 2 unspecified atom stereocenters. The summed E-state index contributed by atoms with van der Waals surface area (Å²) in [6.07, 6.45) is 2.90. The van der Waals surface area contributed by atoms with Crippen LogP contribution in [0, 0.1) is 5.92 Å². The number of carbonyl (C=O) groups excluding carboxylic acids is 1. The number of pyridine rings is 1. The van der Waals surface area contributed by atoms with Crippen LogP contribution in [-0.4, -0.2) is 16.9 Å². The number of hydrazine groups is 1. The summed E-state index contributed by atoms with van der Waals surface area (Å²) in [5, 5.41) is 3.01. The molecule has 5 heteroatoms. The number of nitrogens with one attached hydrogen (secondary N) is 2. The zero-order valence-corrected chi connectivity index (χ0v) is 10.9. The molecule has 1 amide bonds. The third-order valence-electron chi connectivity index (χ3n) is 3.22. The van der Waals surface area contributed by atoms with Gasteiger partial charge in [0.1, 0.15) is 5.82 Å². The van der Waals surface area contributed by atoms with Gasteiger partial charge < -0.3 is 10.7 Å². The summed E-state index contributed by atoms with van der Waals surface area (Å²) in [6.45, 7) is 4.21. The molecule has 0 bridgehead atoms. The van der Waals surface area contributed by atoms with Crippen molar-refractivity contribution in [2.24, 2.45) is 11.8 Å². The Bertz CT molecular complexity index is 447. The van der Waals surface area contributed by atoms with Gasteiger partial charge in [-0.05, 0) is 30.9 Å². The maximum atomic E-state index is 12.1. The minimum absolute atomic E-state index is 0.0411. The molecular formula is C13H20N4O. The van der Waals surface area contributed by atoms with Crippen LogP contribution in [0.15, 0.2) is 12.1 Å². The smallest absolute Gasteiger partial charge is 0.251 e. The van der Waals surface area contributed by atoms with Crippen molar-refractivity contribution in [1.82, 2.24) is 10.3 Å². The number of amides is 1. The number of nitrogens with zero attached hydrogens (tertiary/aromatic N) is 1. The average Bonchev–Trinajstić information content (AvgIpc) is 3.04. The number of hydrogen-bond acceptors (Lipinski definition) is 4. The van der Waals surface area contributed by atoms with Gasteiger partial charge in [0.15, 0.2) is 0 Å². The van der Waals surface area contributed by atoms with Gasteiger partial charge in [0.05, 0.1) is 0 Å². The molecule has 1 aliphatic rings. The van der Waals surface area contributed by atoms with E-state index in [0.29, 0.717) is 23.3 Å². The maximum absolute atomic E-state index is 12.1. The van der Waals surface area contributed by atoms with Gasteiger partial charge in [-0.1, -0.05) is 20.3 Å². The van der Waals surface area contributed by atoms with Crippen molar-refractivity contribution >= 4 is 11.7 Å². The van der Waals surface area contributed by atoms with E-state index in [0.717, 1.165) is 25.0 Å². The molecule has 0 aliphatic heterocycles. The van der Waals surface area contributed by atoms with E-state index in [9.17, 15) is 4.79 Å². The van der Waals surface area contributed by atoms with E-state index in [2.05, 4.69) is 29.6 Å². The van der Waals surface area contributed by atoms with E-state index in [1.54, 1.807) is 6.07 Å². The summed E-state index contributed by atoms with van der Waals surface area (Å²) < 4.78 is 0. The highest BCUT2D eigenvalue weighted by molar-refractivity contribution is 5.95. The van der Waals surface area contributed by atoms with Crippen LogP contribution < -0.4 is 16.6 Å². The van der Waals surface area contributed by atoms with Crippen molar-refractivity contribution < 1.29 is 4.79 Å². The third kappa shape index (κ3) is 2.98. The number of nitrogen functional groups attached to an aromatic ring is 1. The monoisotopic (exact) mass is 248 g/mol. The van der Waals surface area contributed by atoms with Crippen molar-refractivity contribution in [2.45, 2.75) is 39.2 Å². The molecule has 1 aromatic rings. The molecule has 0 aromatic carbocycles. The quantitative estimate of drug-likeness (QED) is 0.544. The number of carbonyl (C=O) groups is 1. The van der Waals surface area contributed by atoms with E-state index in [4.69, 9.17) is 5.84 Å². The Balaban J connectivity index is 2.14. The summed E-state index contributed by atoms with van der Waals surface area (Å²) in [4.78, 5) is 16.4. The van der Waals surface area contributed by atoms with E-state index >= 15 is 0 Å². The van der Waals surface area contributed by atoms with Crippen molar-refractivity contribution in [3.05, 3.63) is 23.4 Å². The Labute approximate surface area is 107 Å². The zero-order valence-electron chi connectivity index (χ0n) is 10.9. The lowest BCUT2D eigenvalue weighted by Gasteiger charge is -2.08. The molecule has 1 aromatic heterocycles. The molecule has 1 saturated carbocycles. The molecule has 4 N–H and O–H groups in total. The highest BCUT2D eigenvalue weighted by atomic mass is 16.1. The first-order chi connectivity index (χ1) is 8.63. The van der Waals surface area contributed by atoms with E-state index in [1.165, 1.54) is 0 Å². The average molecular weight is 248 g/mol. The Morgan fingerprint density at radius 3 is 2.83 bits per heavy atom. The fourth-order valence-electron chi connectivity index (χ4n) is 1.95. The molecule has 98 valence electrons. The second-order valence-electron chi connectivity index (χ2n) is 4.92. The van der Waals surface area contributed by atoms with Crippen molar-refractivity contribution in [3.63, 3.8) is 0 Å². The molecule has 2 rings (SSSR count). The van der Waals surface area contributed by atoms with Gasteiger partial charge in [-0.15, -0.1) is 0 Å². The minimum atomic E-state index is -0.0411. The van der Waals surface area contributed by atoms with Gasteiger partial charge in [0.25, 0.3) is 5.91 Å². The van der Waals surface area contributed by atoms with Gasteiger partial charge in [-0.2, -0.15) is 0 Å². The van der Waals surface area contributed by atoms with E-state index in [-0.39, 0.29) is 5.91 Å². The van der Waals surface area contributed by atoms with Crippen molar-refractivity contribution in [1.29, 1.82) is 0 Å². The number of aromatic nitrogens is 1. The normalized spacial score (nSPS) is 21.5. The zero-order chi connectivity index (χ0) is 13.1. The Morgan fingerprint density at radius 1 is 1.56 bits per heavy atom. The van der Waals surface area contributed by atoms with Gasteiger partial charge >= 0.3 is 0 Å². The summed E-state index contributed by atoms with van der Waals surface area (Å²) in [7, 11) is 0.